The molecule has 0 N–H and O–H groups in total. The van der Waals surface area contributed by atoms with Crippen molar-refractivity contribution in [3.8, 4) is 0 Å². The summed E-state index contributed by atoms with van der Waals surface area (Å²) in [5.74, 6) is 1.60. The van der Waals surface area contributed by atoms with Crippen LogP contribution in [0.25, 0.3) is 0 Å². The number of carbonyl (C=O) groups excluding carboxylic acids is 1. The summed E-state index contributed by atoms with van der Waals surface area (Å²) in [6.45, 7) is 5.85. The highest BCUT2D eigenvalue weighted by molar-refractivity contribution is 5.81. The molecule has 1 aromatic rings. The fourth-order valence-electron chi connectivity index (χ4n) is 3.09. The van der Waals surface area contributed by atoms with Gasteiger partial charge in [-0.25, -0.2) is 4.98 Å². The molecule has 114 valence electrons. The van der Waals surface area contributed by atoms with Gasteiger partial charge in [0.1, 0.15) is 5.82 Å². The van der Waals surface area contributed by atoms with Crippen LogP contribution in [0.3, 0.4) is 0 Å². The average molecular weight is 288 g/mol. The number of amides is 1. The Morgan fingerprint density at radius 2 is 2.10 bits per heavy atom. The van der Waals surface area contributed by atoms with E-state index in [9.17, 15) is 4.79 Å². The standard InChI is InChI=1S/C16H24N4O/c1-11-9-17-12(2)15(18-11)20-8-4-5-14(10-20)19(3)16(21)13-6-7-13/h9,13-14H,4-8,10H2,1-3H3. The number of aryl methyl sites for hydroxylation is 2. The predicted octanol–water partition coefficient (Wildman–Crippen LogP) is 1.93. The van der Waals surface area contributed by atoms with Crippen LogP contribution in [0.4, 0.5) is 5.82 Å². The first-order valence-corrected chi connectivity index (χ1v) is 7.88. The summed E-state index contributed by atoms with van der Waals surface area (Å²) in [5, 5.41) is 0. The normalized spacial score (nSPS) is 22.2. The average Bonchev–Trinajstić information content (AvgIpc) is 3.33. The van der Waals surface area contributed by atoms with Crippen molar-refractivity contribution in [1.29, 1.82) is 0 Å². The van der Waals surface area contributed by atoms with Crippen molar-refractivity contribution in [2.75, 3.05) is 25.0 Å². The van der Waals surface area contributed by atoms with Gasteiger partial charge in [-0.3, -0.25) is 9.78 Å². The molecule has 1 atom stereocenters. The van der Waals surface area contributed by atoms with E-state index < -0.39 is 0 Å². The maximum absolute atomic E-state index is 12.2. The quantitative estimate of drug-likeness (QED) is 0.853. The number of carbonyl (C=O) groups is 1. The molecule has 1 saturated carbocycles. The van der Waals surface area contributed by atoms with E-state index >= 15 is 0 Å². The van der Waals surface area contributed by atoms with Crippen LogP contribution in [0.2, 0.25) is 0 Å². The van der Waals surface area contributed by atoms with E-state index in [4.69, 9.17) is 0 Å². The molecule has 0 spiro atoms. The second-order valence-corrected chi connectivity index (χ2v) is 6.39. The van der Waals surface area contributed by atoms with Crippen LogP contribution < -0.4 is 4.90 Å². The first-order valence-electron chi connectivity index (χ1n) is 7.88. The van der Waals surface area contributed by atoms with E-state index in [-0.39, 0.29) is 0 Å². The number of likely N-dealkylation sites (N-methyl/N-ethyl adjacent to an activating group) is 1. The van der Waals surface area contributed by atoms with Crippen molar-refractivity contribution in [3.05, 3.63) is 17.6 Å². The molecule has 0 bridgehead atoms. The maximum atomic E-state index is 12.2. The predicted molar refractivity (Wildman–Crippen MR) is 82.2 cm³/mol. The van der Waals surface area contributed by atoms with Crippen molar-refractivity contribution in [1.82, 2.24) is 14.9 Å². The van der Waals surface area contributed by atoms with Crippen LogP contribution in [0.1, 0.15) is 37.1 Å². The van der Waals surface area contributed by atoms with E-state index in [2.05, 4.69) is 14.9 Å². The summed E-state index contributed by atoms with van der Waals surface area (Å²) in [6, 6.07) is 0.300. The smallest absolute Gasteiger partial charge is 0.225 e. The second-order valence-electron chi connectivity index (χ2n) is 6.39. The molecule has 5 nitrogen and oxygen atoms in total. The highest BCUT2D eigenvalue weighted by Crippen LogP contribution is 2.32. The van der Waals surface area contributed by atoms with E-state index in [1.165, 1.54) is 0 Å². The van der Waals surface area contributed by atoms with Gasteiger partial charge in [-0.1, -0.05) is 0 Å². The Morgan fingerprint density at radius 3 is 2.81 bits per heavy atom. The minimum absolute atomic E-state index is 0.297. The van der Waals surface area contributed by atoms with E-state index in [1.807, 2.05) is 32.0 Å². The molecular formula is C16H24N4O. The third kappa shape index (κ3) is 3.01. The van der Waals surface area contributed by atoms with Gasteiger partial charge in [0.15, 0.2) is 0 Å². The topological polar surface area (TPSA) is 49.3 Å². The molecular weight excluding hydrogens is 264 g/mol. The van der Waals surface area contributed by atoms with Crippen molar-refractivity contribution in [3.63, 3.8) is 0 Å². The Labute approximate surface area is 126 Å². The summed E-state index contributed by atoms with van der Waals surface area (Å²) in [5.41, 5.74) is 1.91. The van der Waals surface area contributed by atoms with Crippen molar-refractivity contribution in [2.24, 2.45) is 5.92 Å². The van der Waals surface area contributed by atoms with Crippen molar-refractivity contribution in [2.45, 2.75) is 45.6 Å². The Morgan fingerprint density at radius 1 is 1.33 bits per heavy atom. The SMILES string of the molecule is Cc1cnc(C)c(N2CCCC(N(C)C(=O)C3CC3)C2)n1. The minimum Gasteiger partial charge on any atom is -0.353 e. The van der Waals surface area contributed by atoms with Gasteiger partial charge in [-0.15, -0.1) is 0 Å². The highest BCUT2D eigenvalue weighted by Gasteiger charge is 2.36. The van der Waals surface area contributed by atoms with Crippen molar-refractivity contribution < 1.29 is 4.79 Å². The number of anilines is 1. The van der Waals surface area contributed by atoms with Crippen LogP contribution in [0.5, 0.6) is 0 Å². The number of aromatic nitrogens is 2. The first-order chi connectivity index (χ1) is 10.1. The van der Waals surface area contributed by atoms with Crippen LogP contribution in [0, 0.1) is 19.8 Å². The monoisotopic (exact) mass is 288 g/mol. The molecule has 21 heavy (non-hydrogen) atoms. The van der Waals surface area contributed by atoms with Crippen LogP contribution >= 0.6 is 0 Å². The van der Waals surface area contributed by atoms with Gasteiger partial charge in [0.05, 0.1) is 11.4 Å². The first kappa shape index (κ1) is 14.3. The summed E-state index contributed by atoms with van der Waals surface area (Å²) in [6.07, 6.45) is 6.14. The molecule has 1 saturated heterocycles. The van der Waals surface area contributed by atoms with Gasteiger partial charge in [0.2, 0.25) is 5.91 Å². The zero-order valence-electron chi connectivity index (χ0n) is 13.2. The van der Waals surface area contributed by atoms with Gasteiger partial charge in [0, 0.05) is 38.3 Å². The van der Waals surface area contributed by atoms with Crippen molar-refractivity contribution >= 4 is 11.7 Å². The minimum atomic E-state index is 0.297. The van der Waals surface area contributed by atoms with E-state index in [0.29, 0.717) is 17.9 Å². The molecule has 1 unspecified atom stereocenters. The maximum Gasteiger partial charge on any atom is 0.225 e. The fourth-order valence-corrected chi connectivity index (χ4v) is 3.09. The number of piperidine rings is 1. The molecule has 5 heteroatoms. The summed E-state index contributed by atoms with van der Waals surface area (Å²) in [7, 11) is 1.96. The lowest BCUT2D eigenvalue weighted by molar-refractivity contribution is -0.133. The Hall–Kier alpha value is -1.65. The zero-order valence-corrected chi connectivity index (χ0v) is 13.2. The number of hydrogen-bond acceptors (Lipinski definition) is 4. The lowest BCUT2D eigenvalue weighted by Crippen LogP contribution is -2.49. The lowest BCUT2D eigenvalue weighted by atomic mass is 10.0. The summed E-state index contributed by atoms with van der Waals surface area (Å²) >= 11 is 0. The number of hydrogen-bond donors (Lipinski definition) is 0. The Bertz CT molecular complexity index is 541. The van der Waals surface area contributed by atoms with Gasteiger partial charge < -0.3 is 9.80 Å². The summed E-state index contributed by atoms with van der Waals surface area (Å²) < 4.78 is 0. The Balaban J connectivity index is 1.73. The molecule has 1 amide bonds. The van der Waals surface area contributed by atoms with Gasteiger partial charge >= 0.3 is 0 Å². The van der Waals surface area contributed by atoms with E-state index in [0.717, 1.165) is 56.0 Å². The Kier molecular flexibility index (Phi) is 3.83. The van der Waals surface area contributed by atoms with Crippen LogP contribution in [0.15, 0.2) is 6.20 Å². The third-order valence-corrected chi connectivity index (χ3v) is 4.57. The fraction of sp³-hybridized carbons (Fsp3) is 0.688. The largest absolute Gasteiger partial charge is 0.353 e. The highest BCUT2D eigenvalue weighted by atomic mass is 16.2. The molecule has 1 aromatic heterocycles. The molecule has 2 heterocycles. The third-order valence-electron chi connectivity index (χ3n) is 4.57. The second kappa shape index (κ2) is 5.62. The molecule has 1 aliphatic heterocycles. The van der Waals surface area contributed by atoms with Crippen LogP contribution in [-0.4, -0.2) is 47.0 Å². The van der Waals surface area contributed by atoms with Crippen LogP contribution in [-0.2, 0) is 4.79 Å². The van der Waals surface area contributed by atoms with Gasteiger partial charge in [0.25, 0.3) is 0 Å². The number of nitrogens with zero attached hydrogens (tertiary/aromatic N) is 4. The molecule has 2 fully saturated rings. The summed E-state index contributed by atoms with van der Waals surface area (Å²) in [4.78, 5) is 25.6. The molecule has 0 radical (unpaired) electrons. The molecule has 1 aliphatic carbocycles. The van der Waals surface area contributed by atoms with Gasteiger partial charge in [-0.05, 0) is 39.5 Å². The zero-order chi connectivity index (χ0) is 15.0. The van der Waals surface area contributed by atoms with Gasteiger partial charge in [-0.2, -0.15) is 0 Å². The molecule has 3 rings (SSSR count). The number of rotatable bonds is 3. The molecule has 2 aliphatic rings. The van der Waals surface area contributed by atoms with E-state index in [1.54, 1.807) is 0 Å². The molecule has 0 aromatic carbocycles. The lowest BCUT2D eigenvalue weighted by Gasteiger charge is -2.38.